The number of benzene rings is 1. The van der Waals surface area contributed by atoms with Crippen molar-refractivity contribution in [3.8, 4) is 0 Å². The minimum Gasteiger partial charge on any atom is -0.339 e. The fourth-order valence-corrected chi connectivity index (χ4v) is 4.85. The van der Waals surface area contributed by atoms with Gasteiger partial charge in [-0.15, -0.1) is 10.2 Å². The lowest BCUT2D eigenvalue weighted by Crippen LogP contribution is -2.52. The lowest BCUT2D eigenvalue weighted by Gasteiger charge is -2.42. The molecule has 1 aromatic carbocycles. The molecular formula is C21H24N6O2. The molecule has 8 heteroatoms. The summed E-state index contributed by atoms with van der Waals surface area (Å²) >= 11 is 0. The van der Waals surface area contributed by atoms with Gasteiger partial charge >= 0.3 is 5.69 Å². The van der Waals surface area contributed by atoms with Crippen LogP contribution in [-0.2, 0) is 18.5 Å². The lowest BCUT2D eigenvalue weighted by molar-refractivity contribution is 0.0800. The van der Waals surface area contributed by atoms with Gasteiger partial charge in [-0.2, -0.15) is 0 Å². The number of aromatic amines is 1. The van der Waals surface area contributed by atoms with E-state index in [0.29, 0.717) is 11.6 Å². The Morgan fingerprint density at radius 1 is 1.17 bits per heavy atom. The molecule has 150 valence electrons. The van der Waals surface area contributed by atoms with E-state index in [1.165, 1.54) is 0 Å². The molecule has 0 spiro atoms. The van der Waals surface area contributed by atoms with Gasteiger partial charge in [0.1, 0.15) is 11.4 Å². The summed E-state index contributed by atoms with van der Waals surface area (Å²) in [7, 11) is 0. The summed E-state index contributed by atoms with van der Waals surface area (Å²) in [5, 5.41) is 12.1. The van der Waals surface area contributed by atoms with E-state index in [-0.39, 0.29) is 11.6 Å². The fourth-order valence-electron chi connectivity index (χ4n) is 4.85. The predicted molar refractivity (Wildman–Crippen MR) is 107 cm³/mol. The molecule has 29 heavy (non-hydrogen) atoms. The first-order valence-corrected chi connectivity index (χ1v) is 10.6. The average Bonchev–Trinajstić information content (AvgIpc) is 3.34. The van der Waals surface area contributed by atoms with E-state index in [1.54, 1.807) is 6.07 Å². The molecule has 2 saturated carbocycles. The number of imidazole rings is 1. The van der Waals surface area contributed by atoms with Crippen LogP contribution < -0.4 is 11.0 Å². The molecule has 2 aromatic heterocycles. The van der Waals surface area contributed by atoms with Crippen LogP contribution in [0.25, 0.3) is 11.0 Å². The summed E-state index contributed by atoms with van der Waals surface area (Å²) in [6.45, 7) is 0.928. The molecule has 2 aliphatic carbocycles. The number of fused-ring (bicyclic) bond motifs is 2. The van der Waals surface area contributed by atoms with Crippen LogP contribution in [0.15, 0.2) is 23.0 Å². The zero-order valence-corrected chi connectivity index (χ0v) is 16.3. The molecule has 3 aromatic rings. The number of carbonyl (C=O) groups is 1. The number of aromatic nitrogens is 5. The molecule has 1 aliphatic heterocycles. The second-order valence-electron chi connectivity index (χ2n) is 8.70. The van der Waals surface area contributed by atoms with Gasteiger partial charge in [0.15, 0.2) is 5.82 Å². The van der Waals surface area contributed by atoms with Crippen LogP contribution in [0, 0.1) is 0 Å². The first kappa shape index (κ1) is 17.0. The van der Waals surface area contributed by atoms with Crippen molar-refractivity contribution in [2.24, 2.45) is 0 Å². The summed E-state index contributed by atoms with van der Waals surface area (Å²) in [5.74, 6) is 1.81. The van der Waals surface area contributed by atoms with Gasteiger partial charge in [-0.05, 0) is 63.1 Å². The van der Waals surface area contributed by atoms with Crippen LogP contribution >= 0.6 is 0 Å². The van der Waals surface area contributed by atoms with Crippen LogP contribution in [0.4, 0.5) is 0 Å². The van der Waals surface area contributed by atoms with Gasteiger partial charge in [0.25, 0.3) is 5.91 Å². The molecule has 3 aliphatic rings. The number of rotatable bonds is 4. The maximum absolute atomic E-state index is 13.1. The molecular weight excluding hydrogens is 368 g/mol. The summed E-state index contributed by atoms with van der Waals surface area (Å²) in [4.78, 5) is 28.3. The monoisotopic (exact) mass is 392 g/mol. The fraction of sp³-hybridized carbons (Fsp3) is 0.524. The number of amides is 1. The van der Waals surface area contributed by atoms with E-state index in [2.05, 4.69) is 25.1 Å². The van der Waals surface area contributed by atoms with Crippen LogP contribution in [0.2, 0.25) is 0 Å². The Morgan fingerprint density at radius 3 is 2.79 bits per heavy atom. The number of H-pyrrole nitrogens is 1. The first-order valence-electron chi connectivity index (χ1n) is 10.6. The highest BCUT2D eigenvalue weighted by Crippen LogP contribution is 2.41. The summed E-state index contributed by atoms with van der Waals surface area (Å²) in [6, 6.07) is 5.78. The smallest absolute Gasteiger partial charge is 0.326 e. The third-order valence-corrected chi connectivity index (χ3v) is 6.74. The number of aryl methyl sites for hydroxylation is 1. The average molecular weight is 392 g/mol. The second kappa shape index (κ2) is 6.05. The number of hydrogen-bond acceptors (Lipinski definition) is 4. The van der Waals surface area contributed by atoms with Gasteiger partial charge in [0.2, 0.25) is 0 Å². The molecule has 0 unspecified atom stereocenters. The normalized spacial score (nSPS) is 20.3. The van der Waals surface area contributed by atoms with Crippen molar-refractivity contribution in [3.63, 3.8) is 0 Å². The van der Waals surface area contributed by atoms with Crippen molar-refractivity contribution in [1.29, 1.82) is 0 Å². The molecule has 0 radical (unpaired) electrons. The quantitative estimate of drug-likeness (QED) is 0.712. The largest absolute Gasteiger partial charge is 0.339 e. The highest BCUT2D eigenvalue weighted by molar-refractivity contribution is 5.97. The van der Waals surface area contributed by atoms with E-state index in [9.17, 15) is 9.59 Å². The Balaban J connectivity index is 1.32. The third-order valence-electron chi connectivity index (χ3n) is 6.74. The molecule has 8 nitrogen and oxygen atoms in total. The molecule has 2 N–H and O–H groups in total. The van der Waals surface area contributed by atoms with Crippen molar-refractivity contribution >= 4 is 16.9 Å². The highest BCUT2D eigenvalue weighted by atomic mass is 16.2. The maximum atomic E-state index is 13.1. The zero-order valence-electron chi connectivity index (χ0n) is 16.3. The van der Waals surface area contributed by atoms with Crippen LogP contribution in [0.5, 0.6) is 0 Å². The standard InChI is InChI=1S/C21H24N6O2/c28-18(13-5-8-16-15(12-13)22-20(29)27(16)14-6-7-14)23-21(9-3-10-21)19-25-24-17-4-1-2-11-26(17)19/h5,8,12,14H,1-4,6-7,9-11H2,(H,22,29)(H,23,28). The lowest BCUT2D eigenvalue weighted by atomic mass is 9.75. The van der Waals surface area contributed by atoms with Gasteiger partial charge in [0.05, 0.1) is 11.0 Å². The van der Waals surface area contributed by atoms with Gasteiger partial charge in [-0.3, -0.25) is 9.36 Å². The van der Waals surface area contributed by atoms with E-state index < -0.39 is 5.54 Å². The van der Waals surface area contributed by atoms with Gasteiger partial charge < -0.3 is 14.9 Å². The molecule has 2 fully saturated rings. The Bertz CT molecular complexity index is 1180. The van der Waals surface area contributed by atoms with Crippen molar-refractivity contribution in [1.82, 2.24) is 29.6 Å². The Labute approximate surface area is 167 Å². The van der Waals surface area contributed by atoms with Crippen LogP contribution in [0.1, 0.15) is 73.0 Å². The van der Waals surface area contributed by atoms with Crippen molar-refractivity contribution < 1.29 is 4.79 Å². The predicted octanol–water partition coefficient (Wildman–Crippen LogP) is 2.40. The Kier molecular flexibility index (Phi) is 3.54. The highest BCUT2D eigenvalue weighted by Gasteiger charge is 2.45. The van der Waals surface area contributed by atoms with Crippen molar-refractivity contribution in [2.45, 2.75) is 69.5 Å². The van der Waals surface area contributed by atoms with Crippen molar-refractivity contribution in [3.05, 3.63) is 45.9 Å². The molecule has 0 bridgehead atoms. The maximum Gasteiger partial charge on any atom is 0.326 e. The van der Waals surface area contributed by atoms with Crippen molar-refractivity contribution in [2.75, 3.05) is 0 Å². The molecule has 6 rings (SSSR count). The number of nitrogens with one attached hydrogen (secondary N) is 2. The Morgan fingerprint density at radius 2 is 2.03 bits per heavy atom. The minimum atomic E-state index is -0.429. The van der Waals surface area contributed by atoms with E-state index in [1.807, 2.05) is 16.7 Å². The first-order chi connectivity index (χ1) is 14.1. The molecule has 0 saturated heterocycles. The summed E-state index contributed by atoms with van der Waals surface area (Å²) in [6.07, 6.45) is 8.15. The summed E-state index contributed by atoms with van der Waals surface area (Å²) in [5.41, 5.74) is 1.63. The van der Waals surface area contributed by atoms with E-state index in [0.717, 1.165) is 80.6 Å². The van der Waals surface area contributed by atoms with Crippen LogP contribution in [0.3, 0.4) is 0 Å². The molecule has 3 heterocycles. The topological polar surface area (TPSA) is 97.6 Å². The Hall–Kier alpha value is -2.90. The minimum absolute atomic E-state index is 0.0920. The van der Waals surface area contributed by atoms with E-state index >= 15 is 0 Å². The number of nitrogens with zero attached hydrogens (tertiary/aromatic N) is 4. The zero-order chi connectivity index (χ0) is 19.6. The number of hydrogen-bond donors (Lipinski definition) is 2. The third kappa shape index (κ3) is 2.58. The molecule has 0 atom stereocenters. The van der Waals surface area contributed by atoms with Gasteiger partial charge in [-0.1, -0.05) is 0 Å². The molecule has 1 amide bonds. The number of carbonyl (C=O) groups excluding carboxylic acids is 1. The SMILES string of the molecule is O=C(NC1(c2nnc3n2CCCC3)CCC1)c1ccc2c(c1)[nH]c(=O)n2C1CC1. The van der Waals surface area contributed by atoms with Gasteiger partial charge in [0, 0.05) is 24.6 Å². The van der Waals surface area contributed by atoms with Gasteiger partial charge in [-0.25, -0.2) is 4.79 Å². The van der Waals surface area contributed by atoms with Crippen LogP contribution in [-0.4, -0.2) is 30.2 Å². The summed E-state index contributed by atoms with van der Waals surface area (Å²) < 4.78 is 4.02. The second-order valence-corrected chi connectivity index (χ2v) is 8.70. The van der Waals surface area contributed by atoms with E-state index in [4.69, 9.17) is 0 Å².